The zero-order valence-electron chi connectivity index (χ0n) is 14.9. The van der Waals surface area contributed by atoms with E-state index in [1.54, 1.807) is 12.1 Å². The van der Waals surface area contributed by atoms with Crippen molar-refractivity contribution >= 4 is 46.4 Å². The molecule has 9 heteroatoms. The first-order valence-electron chi connectivity index (χ1n) is 8.60. The van der Waals surface area contributed by atoms with E-state index in [4.69, 9.17) is 23.2 Å². The number of carbonyl (C=O) groups excluding carboxylic acids is 2. The number of nitrogens with zero attached hydrogens (tertiary/aromatic N) is 2. The third-order valence-corrected chi connectivity index (χ3v) is 5.29. The van der Waals surface area contributed by atoms with Gasteiger partial charge in [-0.05, 0) is 44.0 Å². The number of amides is 2. The highest BCUT2D eigenvalue weighted by Gasteiger charge is 2.36. The molecule has 0 bridgehead atoms. The number of rotatable bonds is 4. The van der Waals surface area contributed by atoms with Crippen molar-refractivity contribution in [1.29, 1.82) is 0 Å². The maximum Gasteiger partial charge on any atom is 0.273 e. The lowest BCUT2D eigenvalue weighted by molar-refractivity contribution is -0.385. The summed E-state index contributed by atoms with van der Waals surface area (Å²) in [5, 5.41) is 14.6. The molecular weight excluding hydrogens is 405 g/mol. The number of halogens is 2. The maximum absolute atomic E-state index is 13.0. The van der Waals surface area contributed by atoms with Gasteiger partial charge < -0.3 is 10.2 Å². The molecule has 7 nitrogen and oxygen atoms in total. The van der Waals surface area contributed by atoms with Gasteiger partial charge in [-0.1, -0.05) is 29.3 Å². The zero-order valence-corrected chi connectivity index (χ0v) is 16.5. The van der Waals surface area contributed by atoms with Crippen LogP contribution in [0.1, 0.15) is 28.8 Å². The molecule has 0 saturated carbocycles. The van der Waals surface area contributed by atoms with Crippen molar-refractivity contribution in [1.82, 2.24) is 4.90 Å². The van der Waals surface area contributed by atoms with Gasteiger partial charge >= 0.3 is 0 Å². The molecule has 1 aliphatic rings. The van der Waals surface area contributed by atoms with Gasteiger partial charge in [0.1, 0.15) is 6.04 Å². The molecule has 1 saturated heterocycles. The molecule has 2 amide bonds. The maximum atomic E-state index is 13.0. The molecule has 28 heavy (non-hydrogen) atoms. The molecule has 3 rings (SSSR count). The van der Waals surface area contributed by atoms with Crippen LogP contribution in [0.5, 0.6) is 0 Å². The minimum absolute atomic E-state index is 0.126. The van der Waals surface area contributed by atoms with Crippen LogP contribution >= 0.6 is 23.2 Å². The van der Waals surface area contributed by atoms with Gasteiger partial charge in [-0.2, -0.15) is 0 Å². The van der Waals surface area contributed by atoms with Crippen LogP contribution in [0, 0.1) is 17.0 Å². The SMILES string of the molecule is Cc1c(C(=O)N2CCC[C@H]2C(=O)Nc2ccc(Cl)cc2Cl)cccc1[N+](=O)[O-]. The lowest BCUT2D eigenvalue weighted by Crippen LogP contribution is -2.43. The minimum atomic E-state index is -0.682. The number of hydrogen-bond donors (Lipinski definition) is 1. The number of hydrogen-bond acceptors (Lipinski definition) is 4. The molecule has 2 aromatic rings. The van der Waals surface area contributed by atoms with Gasteiger partial charge in [-0.3, -0.25) is 19.7 Å². The summed E-state index contributed by atoms with van der Waals surface area (Å²) in [4.78, 5) is 37.8. The van der Waals surface area contributed by atoms with E-state index < -0.39 is 16.9 Å². The molecule has 146 valence electrons. The standard InChI is InChI=1S/C19H17Cl2N3O4/c1-11-13(4-2-5-16(11)24(27)28)19(26)23-9-3-6-17(23)18(25)22-15-8-7-12(20)10-14(15)21/h2,4-5,7-8,10,17H,3,6,9H2,1H3,(H,22,25)/t17-/m0/s1. The predicted octanol–water partition coefficient (Wildman–Crippen LogP) is 4.45. The Morgan fingerprint density at radius 2 is 2.00 bits per heavy atom. The van der Waals surface area contributed by atoms with Gasteiger partial charge in [-0.15, -0.1) is 0 Å². The Bertz CT molecular complexity index is 964. The first-order chi connectivity index (χ1) is 13.3. The number of likely N-dealkylation sites (tertiary alicyclic amines) is 1. The summed E-state index contributed by atoms with van der Waals surface area (Å²) in [6, 6.07) is 8.39. The Labute approximate surface area is 171 Å². The van der Waals surface area contributed by atoms with Gasteiger partial charge in [0.2, 0.25) is 5.91 Å². The summed E-state index contributed by atoms with van der Waals surface area (Å²) in [5.74, 6) is -0.765. The van der Waals surface area contributed by atoms with Crippen molar-refractivity contribution < 1.29 is 14.5 Å². The third kappa shape index (κ3) is 3.95. The van der Waals surface area contributed by atoms with E-state index >= 15 is 0 Å². The van der Waals surface area contributed by atoms with Gasteiger partial charge in [0.15, 0.2) is 0 Å². The lowest BCUT2D eigenvalue weighted by atomic mass is 10.0. The summed E-state index contributed by atoms with van der Waals surface area (Å²) in [7, 11) is 0. The van der Waals surface area contributed by atoms with Crippen LogP contribution in [0.25, 0.3) is 0 Å². The predicted molar refractivity (Wildman–Crippen MR) is 107 cm³/mol. The normalized spacial score (nSPS) is 16.1. The van der Waals surface area contributed by atoms with Crippen LogP contribution in [0.15, 0.2) is 36.4 Å². The summed E-state index contributed by atoms with van der Waals surface area (Å²) in [5.41, 5.74) is 0.781. The van der Waals surface area contributed by atoms with E-state index in [1.807, 2.05) is 0 Å². The highest BCUT2D eigenvalue weighted by molar-refractivity contribution is 6.36. The van der Waals surface area contributed by atoms with Crippen LogP contribution in [-0.4, -0.2) is 34.2 Å². The van der Waals surface area contributed by atoms with Gasteiger partial charge in [0, 0.05) is 28.8 Å². The second kappa shape index (κ2) is 8.16. The van der Waals surface area contributed by atoms with Crippen molar-refractivity contribution in [2.75, 3.05) is 11.9 Å². The van der Waals surface area contributed by atoms with Gasteiger partial charge in [-0.25, -0.2) is 0 Å². The quantitative estimate of drug-likeness (QED) is 0.582. The Kier molecular flexibility index (Phi) is 5.86. The van der Waals surface area contributed by atoms with E-state index in [0.717, 1.165) is 0 Å². The summed E-state index contributed by atoms with van der Waals surface area (Å²) in [6.45, 7) is 1.93. The molecule has 0 unspecified atom stereocenters. The Balaban J connectivity index is 1.82. The second-order valence-electron chi connectivity index (χ2n) is 6.48. The van der Waals surface area contributed by atoms with Crippen molar-refractivity contribution in [2.45, 2.75) is 25.8 Å². The first kappa shape index (κ1) is 20.1. The van der Waals surface area contributed by atoms with Crippen LogP contribution < -0.4 is 5.32 Å². The van der Waals surface area contributed by atoms with E-state index in [2.05, 4.69) is 5.32 Å². The number of nitrogens with one attached hydrogen (secondary N) is 1. The van der Waals surface area contributed by atoms with Crippen molar-refractivity contribution in [2.24, 2.45) is 0 Å². The highest BCUT2D eigenvalue weighted by atomic mass is 35.5. The molecule has 2 aromatic carbocycles. The molecule has 1 aliphatic heterocycles. The van der Waals surface area contributed by atoms with Crippen molar-refractivity contribution in [3.63, 3.8) is 0 Å². The fraction of sp³-hybridized carbons (Fsp3) is 0.263. The molecule has 0 aliphatic carbocycles. The highest BCUT2D eigenvalue weighted by Crippen LogP contribution is 2.29. The Morgan fingerprint density at radius 1 is 1.25 bits per heavy atom. The molecule has 1 N–H and O–H groups in total. The Hall–Kier alpha value is -2.64. The second-order valence-corrected chi connectivity index (χ2v) is 7.32. The van der Waals surface area contributed by atoms with Crippen molar-refractivity contribution in [3.05, 3.63) is 67.7 Å². The van der Waals surface area contributed by atoms with E-state index in [9.17, 15) is 19.7 Å². The smallest absolute Gasteiger partial charge is 0.273 e. The lowest BCUT2D eigenvalue weighted by Gasteiger charge is -2.25. The molecule has 0 spiro atoms. The Morgan fingerprint density at radius 3 is 2.68 bits per heavy atom. The first-order valence-corrected chi connectivity index (χ1v) is 9.36. The fourth-order valence-corrected chi connectivity index (χ4v) is 3.75. The minimum Gasteiger partial charge on any atom is -0.327 e. The number of nitro groups is 1. The molecule has 0 radical (unpaired) electrons. The van der Waals surface area contributed by atoms with Gasteiger partial charge in [0.05, 0.1) is 15.6 Å². The van der Waals surface area contributed by atoms with Gasteiger partial charge in [0.25, 0.3) is 11.6 Å². The molecule has 1 fully saturated rings. The molecular formula is C19H17Cl2N3O4. The molecule has 1 atom stereocenters. The van der Waals surface area contributed by atoms with E-state index in [-0.39, 0.29) is 22.7 Å². The number of anilines is 1. The number of carbonyl (C=O) groups is 2. The largest absolute Gasteiger partial charge is 0.327 e. The van der Waals surface area contributed by atoms with Crippen LogP contribution in [0.2, 0.25) is 10.0 Å². The third-order valence-electron chi connectivity index (χ3n) is 4.74. The van der Waals surface area contributed by atoms with Crippen LogP contribution in [0.3, 0.4) is 0 Å². The average Bonchev–Trinajstić information content (AvgIpc) is 3.13. The zero-order chi connectivity index (χ0) is 20.4. The molecule has 1 heterocycles. The average molecular weight is 422 g/mol. The number of nitro benzene ring substituents is 1. The summed E-state index contributed by atoms with van der Waals surface area (Å²) in [6.07, 6.45) is 1.16. The summed E-state index contributed by atoms with van der Waals surface area (Å²) < 4.78 is 0. The topological polar surface area (TPSA) is 92.6 Å². The monoisotopic (exact) mass is 421 g/mol. The van der Waals surface area contributed by atoms with Crippen molar-refractivity contribution in [3.8, 4) is 0 Å². The van der Waals surface area contributed by atoms with E-state index in [1.165, 1.54) is 36.1 Å². The van der Waals surface area contributed by atoms with Crippen LogP contribution in [0.4, 0.5) is 11.4 Å². The molecule has 0 aromatic heterocycles. The van der Waals surface area contributed by atoms with Crippen LogP contribution in [-0.2, 0) is 4.79 Å². The number of benzene rings is 2. The van der Waals surface area contributed by atoms with E-state index in [0.29, 0.717) is 35.1 Å². The fourth-order valence-electron chi connectivity index (χ4n) is 3.30. The summed E-state index contributed by atoms with van der Waals surface area (Å²) >= 11 is 12.0.